The van der Waals surface area contributed by atoms with E-state index in [9.17, 15) is 9.59 Å². The average Bonchev–Trinajstić information content (AvgIpc) is 3.05. The lowest BCUT2D eigenvalue weighted by molar-refractivity contribution is -0.265. The highest BCUT2D eigenvalue weighted by Crippen LogP contribution is 2.51. The summed E-state index contributed by atoms with van der Waals surface area (Å²) in [7, 11) is 1.66. The van der Waals surface area contributed by atoms with Gasteiger partial charge in [0, 0.05) is 31.4 Å². The van der Waals surface area contributed by atoms with Gasteiger partial charge in [-0.2, -0.15) is 0 Å². The molecule has 26 heavy (non-hydrogen) atoms. The average molecular weight is 366 g/mol. The molecule has 0 aromatic carbocycles. The maximum absolute atomic E-state index is 12.3. The number of esters is 2. The second-order valence-electron chi connectivity index (χ2n) is 8.53. The van der Waals surface area contributed by atoms with Crippen molar-refractivity contribution in [3.8, 4) is 0 Å². The van der Waals surface area contributed by atoms with Gasteiger partial charge in [-0.1, -0.05) is 27.4 Å². The summed E-state index contributed by atoms with van der Waals surface area (Å²) < 4.78 is 23.7. The van der Waals surface area contributed by atoms with E-state index in [-0.39, 0.29) is 29.8 Å². The summed E-state index contributed by atoms with van der Waals surface area (Å²) in [5, 5.41) is 0. The fraction of sp³-hybridized carbons (Fsp3) is 0.800. The van der Waals surface area contributed by atoms with Crippen LogP contribution in [0.3, 0.4) is 0 Å². The smallest absolute Gasteiger partial charge is 0.334 e. The van der Waals surface area contributed by atoms with E-state index in [1.54, 1.807) is 21.0 Å². The van der Waals surface area contributed by atoms with Gasteiger partial charge in [-0.3, -0.25) is 4.79 Å². The van der Waals surface area contributed by atoms with Crippen LogP contribution in [0.4, 0.5) is 0 Å². The Balaban J connectivity index is 1.99. The highest BCUT2D eigenvalue weighted by atomic mass is 16.7. The molecular formula is C20H30O6. The molecule has 6 heteroatoms. The van der Waals surface area contributed by atoms with Gasteiger partial charge in [0.1, 0.15) is 12.2 Å². The van der Waals surface area contributed by atoms with Gasteiger partial charge in [0.05, 0.1) is 17.4 Å². The molecule has 6 nitrogen and oxygen atoms in total. The van der Waals surface area contributed by atoms with Gasteiger partial charge < -0.3 is 18.9 Å². The van der Waals surface area contributed by atoms with Crippen molar-refractivity contribution in [2.45, 2.75) is 77.0 Å². The molecule has 0 radical (unpaired) electrons. The zero-order chi connectivity index (χ0) is 19.3. The van der Waals surface area contributed by atoms with Crippen LogP contribution in [0, 0.1) is 17.8 Å². The number of rotatable bonds is 3. The van der Waals surface area contributed by atoms with Crippen molar-refractivity contribution in [2.24, 2.45) is 17.8 Å². The van der Waals surface area contributed by atoms with Crippen LogP contribution in [0.5, 0.6) is 0 Å². The molecular weight excluding hydrogens is 336 g/mol. The number of ether oxygens (including phenoxy) is 4. The third-order valence-electron chi connectivity index (χ3n) is 6.20. The van der Waals surface area contributed by atoms with E-state index in [2.05, 4.69) is 13.5 Å². The van der Waals surface area contributed by atoms with Crippen LogP contribution in [0.2, 0.25) is 0 Å². The molecule has 0 amide bonds. The fourth-order valence-electron chi connectivity index (χ4n) is 4.58. The van der Waals surface area contributed by atoms with Gasteiger partial charge in [-0.25, -0.2) is 4.79 Å². The summed E-state index contributed by atoms with van der Waals surface area (Å²) in [5.74, 6) is -1.95. The molecule has 3 aliphatic rings. The SMILES string of the molecule is C=C1C(=O)O[C@@H]2C[C@H](C)C3(OC)CCC(C)(C[C@@H](OC(=O)C(C)C)[C@@H]12)O3. The first-order chi connectivity index (χ1) is 12.1. The van der Waals surface area contributed by atoms with Crippen LogP contribution in [-0.2, 0) is 28.5 Å². The summed E-state index contributed by atoms with van der Waals surface area (Å²) in [6.07, 6.45) is 1.75. The molecule has 3 aliphatic heterocycles. The minimum absolute atomic E-state index is 0.0278. The lowest BCUT2D eigenvalue weighted by Crippen LogP contribution is -2.42. The van der Waals surface area contributed by atoms with Crippen molar-refractivity contribution >= 4 is 11.9 Å². The largest absolute Gasteiger partial charge is 0.461 e. The normalized spacial score (nSPS) is 42.7. The molecule has 2 unspecified atom stereocenters. The zero-order valence-corrected chi connectivity index (χ0v) is 16.4. The van der Waals surface area contributed by atoms with Crippen molar-refractivity contribution in [1.29, 1.82) is 0 Å². The van der Waals surface area contributed by atoms with Crippen LogP contribution >= 0.6 is 0 Å². The zero-order valence-electron chi connectivity index (χ0n) is 16.4. The molecule has 146 valence electrons. The van der Waals surface area contributed by atoms with Crippen LogP contribution < -0.4 is 0 Å². The van der Waals surface area contributed by atoms with Gasteiger partial charge in [0.15, 0.2) is 5.79 Å². The Labute approximate surface area is 155 Å². The van der Waals surface area contributed by atoms with E-state index < -0.39 is 23.5 Å². The highest BCUT2D eigenvalue weighted by Gasteiger charge is 2.57. The monoisotopic (exact) mass is 366 g/mol. The van der Waals surface area contributed by atoms with Crippen molar-refractivity contribution in [1.82, 2.24) is 0 Å². The maximum atomic E-state index is 12.3. The molecule has 2 bridgehead atoms. The van der Waals surface area contributed by atoms with Crippen molar-refractivity contribution in [3.63, 3.8) is 0 Å². The number of carbonyl (C=O) groups excluding carboxylic acids is 2. The first-order valence-corrected chi connectivity index (χ1v) is 9.46. The van der Waals surface area contributed by atoms with Crippen LogP contribution in [0.25, 0.3) is 0 Å². The molecule has 0 aliphatic carbocycles. The summed E-state index contributed by atoms with van der Waals surface area (Å²) in [5.41, 5.74) is -0.107. The van der Waals surface area contributed by atoms with Crippen LogP contribution in [0.15, 0.2) is 12.2 Å². The molecule has 0 aromatic rings. The molecule has 3 rings (SSSR count). The van der Waals surface area contributed by atoms with Crippen molar-refractivity contribution < 1.29 is 28.5 Å². The lowest BCUT2D eigenvalue weighted by atomic mass is 9.78. The number of hydrogen-bond acceptors (Lipinski definition) is 6. The Kier molecular flexibility index (Phi) is 4.95. The fourth-order valence-corrected chi connectivity index (χ4v) is 4.58. The lowest BCUT2D eigenvalue weighted by Gasteiger charge is -2.36. The Morgan fingerprint density at radius 1 is 1.35 bits per heavy atom. The topological polar surface area (TPSA) is 71.1 Å². The first-order valence-electron chi connectivity index (χ1n) is 9.46. The van der Waals surface area contributed by atoms with Crippen LogP contribution in [0.1, 0.15) is 53.4 Å². The van der Waals surface area contributed by atoms with Gasteiger partial charge in [0.25, 0.3) is 0 Å². The summed E-state index contributed by atoms with van der Waals surface area (Å²) >= 11 is 0. The first kappa shape index (κ1) is 19.4. The summed E-state index contributed by atoms with van der Waals surface area (Å²) in [4.78, 5) is 24.5. The van der Waals surface area contributed by atoms with E-state index in [4.69, 9.17) is 18.9 Å². The second kappa shape index (κ2) is 6.64. The van der Waals surface area contributed by atoms with Crippen LogP contribution in [-0.4, -0.2) is 42.6 Å². The minimum Gasteiger partial charge on any atom is -0.461 e. The molecule has 3 heterocycles. The van der Waals surface area contributed by atoms with Gasteiger partial charge in [0.2, 0.25) is 0 Å². The maximum Gasteiger partial charge on any atom is 0.334 e. The van der Waals surface area contributed by atoms with Gasteiger partial charge >= 0.3 is 11.9 Å². The summed E-state index contributed by atoms with van der Waals surface area (Å²) in [6.45, 7) is 11.6. The van der Waals surface area contributed by atoms with E-state index in [0.29, 0.717) is 18.4 Å². The van der Waals surface area contributed by atoms with Gasteiger partial charge in [-0.05, 0) is 19.8 Å². The standard InChI is InChI=1S/C20H30O6/c1-11(2)17(21)25-15-10-19(5)7-8-20(23-6,26-19)12(3)9-14-16(15)13(4)18(22)24-14/h11-12,14-16H,4,7-10H2,1-3,5-6H3/t12-,14+,15+,16-,19?,20?/m0/s1. The number of carbonyl (C=O) groups is 2. The van der Waals surface area contributed by atoms with E-state index in [1.807, 2.05) is 6.92 Å². The number of fused-ring (bicyclic) bond motifs is 3. The van der Waals surface area contributed by atoms with E-state index >= 15 is 0 Å². The second-order valence-corrected chi connectivity index (χ2v) is 8.53. The molecule has 0 N–H and O–H groups in total. The molecule has 0 aromatic heterocycles. The Hall–Kier alpha value is -1.40. The molecule has 0 spiro atoms. The van der Waals surface area contributed by atoms with Crippen molar-refractivity contribution in [2.75, 3.05) is 7.11 Å². The van der Waals surface area contributed by atoms with E-state index in [1.165, 1.54) is 0 Å². The Morgan fingerprint density at radius 3 is 2.65 bits per heavy atom. The molecule has 6 atom stereocenters. The minimum atomic E-state index is -0.702. The third-order valence-corrected chi connectivity index (χ3v) is 6.20. The predicted octanol–water partition coefficient (Wildman–Crippen LogP) is 2.99. The quantitative estimate of drug-likeness (QED) is 0.565. The molecule has 0 saturated carbocycles. The predicted molar refractivity (Wildman–Crippen MR) is 94.1 cm³/mol. The van der Waals surface area contributed by atoms with Gasteiger partial charge in [-0.15, -0.1) is 0 Å². The Morgan fingerprint density at radius 2 is 2.04 bits per heavy atom. The molecule has 3 fully saturated rings. The highest BCUT2D eigenvalue weighted by molar-refractivity contribution is 5.91. The third kappa shape index (κ3) is 3.18. The number of hydrogen-bond donors (Lipinski definition) is 0. The number of methoxy groups -OCH3 is 1. The molecule has 3 saturated heterocycles. The Bertz CT molecular complexity index is 613. The van der Waals surface area contributed by atoms with Crippen molar-refractivity contribution in [3.05, 3.63) is 12.2 Å². The summed E-state index contributed by atoms with van der Waals surface area (Å²) in [6, 6.07) is 0. The van der Waals surface area contributed by atoms with E-state index in [0.717, 1.165) is 12.8 Å².